The van der Waals surface area contributed by atoms with E-state index in [1.54, 1.807) is 19.2 Å². The minimum Gasteiger partial charge on any atom is -0.435 e. The molecule has 1 atom stereocenters. The number of aryl methyl sites for hydroxylation is 1. The number of thiazole rings is 1. The minimum atomic E-state index is -2.85. The van der Waals surface area contributed by atoms with Crippen LogP contribution in [-0.4, -0.2) is 31.1 Å². The molecule has 1 aromatic carbocycles. The van der Waals surface area contributed by atoms with Crippen molar-refractivity contribution in [2.75, 3.05) is 18.9 Å². The van der Waals surface area contributed by atoms with Gasteiger partial charge in [-0.3, -0.25) is 4.79 Å². The van der Waals surface area contributed by atoms with Gasteiger partial charge in [-0.25, -0.2) is 4.98 Å². The molecule has 1 amide bonds. The van der Waals surface area contributed by atoms with Gasteiger partial charge in [0.2, 0.25) is 5.91 Å². The maximum absolute atomic E-state index is 12.2. The summed E-state index contributed by atoms with van der Waals surface area (Å²) in [5.74, 6) is -0.185. The quantitative estimate of drug-likeness (QED) is 0.798. The van der Waals surface area contributed by atoms with Gasteiger partial charge in [-0.15, -0.1) is 11.3 Å². The zero-order valence-corrected chi connectivity index (χ0v) is 14.4. The third kappa shape index (κ3) is 4.72. The predicted molar refractivity (Wildman–Crippen MR) is 90.6 cm³/mol. The van der Waals surface area contributed by atoms with Crippen LogP contribution in [0.1, 0.15) is 11.8 Å². The fraction of sp³-hybridized carbons (Fsp3) is 0.375. The number of alkyl halides is 2. The first-order valence-electron chi connectivity index (χ1n) is 7.39. The smallest absolute Gasteiger partial charge is 0.387 e. The molecule has 0 saturated heterocycles. The van der Waals surface area contributed by atoms with Crippen LogP contribution in [0.15, 0.2) is 24.3 Å². The summed E-state index contributed by atoms with van der Waals surface area (Å²) in [6.45, 7) is 1.45. The largest absolute Gasteiger partial charge is 0.435 e. The lowest BCUT2D eigenvalue weighted by Crippen LogP contribution is -2.28. The Bertz CT molecular complexity index is 689. The first-order valence-corrected chi connectivity index (χ1v) is 8.20. The first kappa shape index (κ1) is 18.3. The van der Waals surface area contributed by atoms with Crippen molar-refractivity contribution in [3.63, 3.8) is 0 Å². The third-order valence-electron chi connectivity index (χ3n) is 3.34. The summed E-state index contributed by atoms with van der Waals surface area (Å²) in [7, 11) is 1.79. The van der Waals surface area contributed by atoms with Crippen LogP contribution >= 0.6 is 11.3 Å². The van der Waals surface area contributed by atoms with E-state index in [0.717, 1.165) is 10.4 Å². The monoisotopic (exact) mass is 355 g/mol. The Balaban J connectivity index is 2.12. The Kier molecular flexibility index (Phi) is 6.22. The number of ether oxygens (including phenoxy) is 1. The number of aromatic nitrogens is 1. The van der Waals surface area contributed by atoms with Gasteiger partial charge < -0.3 is 15.4 Å². The minimum absolute atomic E-state index is 0.0936. The van der Waals surface area contributed by atoms with Gasteiger partial charge in [0.15, 0.2) is 5.13 Å². The molecule has 2 rings (SSSR count). The Morgan fingerprint density at radius 1 is 1.33 bits per heavy atom. The van der Waals surface area contributed by atoms with E-state index in [4.69, 9.17) is 0 Å². The second-order valence-electron chi connectivity index (χ2n) is 5.27. The third-order valence-corrected chi connectivity index (χ3v) is 4.22. The molecule has 0 radical (unpaired) electrons. The molecule has 24 heavy (non-hydrogen) atoms. The Hall–Kier alpha value is -2.06. The van der Waals surface area contributed by atoms with Crippen LogP contribution in [0.25, 0.3) is 11.3 Å². The molecule has 0 aliphatic heterocycles. The lowest BCUT2D eigenvalue weighted by Gasteiger charge is -2.09. The molecular weight excluding hydrogens is 336 g/mol. The van der Waals surface area contributed by atoms with Gasteiger partial charge in [0.25, 0.3) is 0 Å². The van der Waals surface area contributed by atoms with Crippen molar-refractivity contribution in [3.05, 3.63) is 29.1 Å². The van der Waals surface area contributed by atoms with Crippen molar-refractivity contribution in [2.45, 2.75) is 20.5 Å². The van der Waals surface area contributed by atoms with Crippen molar-refractivity contribution >= 4 is 22.4 Å². The zero-order chi connectivity index (χ0) is 17.7. The molecule has 0 fully saturated rings. The van der Waals surface area contributed by atoms with Crippen LogP contribution in [-0.2, 0) is 4.79 Å². The predicted octanol–water partition coefficient (Wildman–Crippen LogP) is 3.51. The topological polar surface area (TPSA) is 63.2 Å². The number of rotatable bonds is 7. The number of anilines is 1. The highest BCUT2D eigenvalue weighted by molar-refractivity contribution is 7.16. The average Bonchev–Trinajstić information content (AvgIpc) is 2.88. The van der Waals surface area contributed by atoms with Crippen LogP contribution in [0.2, 0.25) is 0 Å². The molecule has 1 heterocycles. The van der Waals surface area contributed by atoms with E-state index in [2.05, 4.69) is 20.4 Å². The standard InChI is InChI=1S/C16H19F2N3O2S/c1-9(8-19-3)14(22)21-16-20-13(10(2)24-16)11-4-6-12(7-5-11)23-15(17)18/h4-7,9,15,19H,8H2,1-3H3,(H,20,21,22). The van der Waals surface area contributed by atoms with E-state index in [9.17, 15) is 13.6 Å². The van der Waals surface area contributed by atoms with Crippen molar-refractivity contribution in [1.29, 1.82) is 0 Å². The van der Waals surface area contributed by atoms with Gasteiger partial charge in [-0.1, -0.05) is 6.92 Å². The summed E-state index contributed by atoms with van der Waals surface area (Å²) in [4.78, 5) is 17.4. The SMILES string of the molecule is CNCC(C)C(=O)Nc1nc(-c2ccc(OC(F)F)cc2)c(C)s1. The molecule has 0 saturated carbocycles. The maximum Gasteiger partial charge on any atom is 0.387 e. The van der Waals surface area contributed by atoms with E-state index < -0.39 is 6.61 Å². The van der Waals surface area contributed by atoms with Crippen molar-refractivity contribution in [3.8, 4) is 17.0 Å². The normalized spacial score (nSPS) is 12.2. The number of carbonyl (C=O) groups is 1. The Labute approximate surface area is 143 Å². The molecule has 2 aromatic rings. The number of hydrogen-bond donors (Lipinski definition) is 2. The van der Waals surface area contributed by atoms with Gasteiger partial charge in [0.05, 0.1) is 5.69 Å². The summed E-state index contributed by atoms with van der Waals surface area (Å²) in [6.07, 6.45) is 0. The van der Waals surface area contributed by atoms with Crippen LogP contribution in [0.5, 0.6) is 5.75 Å². The van der Waals surface area contributed by atoms with Gasteiger partial charge in [0, 0.05) is 22.9 Å². The number of nitrogens with zero attached hydrogens (tertiary/aromatic N) is 1. The molecule has 8 heteroatoms. The lowest BCUT2D eigenvalue weighted by atomic mass is 10.1. The maximum atomic E-state index is 12.2. The van der Waals surface area contributed by atoms with Gasteiger partial charge in [-0.2, -0.15) is 8.78 Å². The van der Waals surface area contributed by atoms with Crippen molar-refractivity contribution in [2.24, 2.45) is 5.92 Å². The number of hydrogen-bond acceptors (Lipinski definition) is 5. The number of amides is 1. The molecule has 0 aliphatic carbocycles. The second-order valence-corrected chi connectivity index (χ2v) is 6.48. The van der Waals surface area contributed by atoms with Crippen LogP contribution < -0.4 is 15.4 Å². The Morgan fingerprint density at radius 2 is 2.00 bits per heavy atom. The number of benzene rings is 1. The lowest BCUT2D eigenvalue weighted by molar-refractivity contribution is -0.119. The van der Waals surface area contributed by atoms with E-state index >= 15 is 0 Å². The van der Waals surface area contributed by atoms with E-state index in [1.807, 2.05) is 13.8 Å². The van der Waals surface area contributed by atoms with E-state index in [-0.39, 0.29) is 17.6 Å². The zero-order valence-electron chi connectivity index (χ0n) is 13.6. The highest BCUT2D eigenvalue weighted by Gasteiger charge is 2.16. The van der Waals surface area contributed by atoms with E-state index in [0.29, 0.717) is 17.4 Å². The van der Waals surface area contributed by atoms with Crippen molar-refractivity contribution < 1.29 is 18.3 Å². The van der Waals surface area contributed by atoms with Gasteiger partial charge in [-0.05, 0) is 38.2 Å². The average molecular weight is 355 g/mol. The highest BCUT2D eigenvalue weighted by Crippen LogP contribution is 2.31. The van der Waals surface area contributed by atoms with Crippen LogP contribution in [0.4, 0.5) is 13.9 Å². The molecule has 1 unspecified atom stereocenters. The first-order chi connectivity index (χ1) is 11.4. The molecule has 0 spiro atoms. The molecule has 130 valence electrons. The van der Waals surface area contributed by atoms with Crippen LogP contribution in [0, 0.1) is 12.8 Å². The van der Waals surface area contributed by atoms with Crippen LogP contribution in [0.3, 0.4) is 0 Å². The summed E-state index contributed by atoms with van der Waals surface area (Å²) in [5, 5.41) is 6.27. The summed E-state index contributed by atoms with van der Waals surface area (Å²) >= 11 is 1.37. The van der Waals surface area contributed by atoms with Gasteiger partial charge >= 0.3 is 6.61 Å². The fourth-order valence-corrected chi connectivity index (χ4v) is 2.98. The molecule has 2 N–H and O–H groups in total. The summed E-state index contributed by atoms with van der Waals surface area (Å²) < 4.78 is 28.7. The van der Waals surface area contributed by atoms with Crippen molar-refractivity contribution in [1.82, 2.24) is 10.3 Å². The summed E-state index contributed by atoms with van der Waals surface area (Å²) in [5.41, 5.74) is 1.48. The number of nitrogens with one attached hydrogen (secondary N) is 2. The molecule has 5 nitrogen and oxygen atoms in total. The number of halogens is 2. The molecular formula is C16H19F2N3O2S. The second kappa shape index (κ2) is 8.16. The number of carbonyl (C=O) groups excluding carboxylic acids is 1. The highest BCUT2D eigenvalue weighted by atomic mass is 32.1. The Morgan fingerprint density at radius 3 is 2.58 bits per heavy atom. The van der Waals surface area contributed by atoms with Gasteiger partial charge in [0.1, 0.15) is 5.75 Å². The van der Waals surface area contributed by atoms with E-state index in [1.165, 1.54) is 23.5 Å². The molecule has 0 aliphatic rings. The summed E-state index contributed by atoms with van der Waals surface area (Å²) in [6, 6.07) is 6.26. The molecule has 1 aromatic heterocycles. The molecule has 0 bridgehead atoms. The fourth-order valence-electron chi connectivity index (χ4n) is 2.14.